The number of aliphatic hydroxyl groups excluding tert-OH is 1. The lowest BCUT2D eigenvalue weighted by atomic mass is 10.1. The first kappa shape index (κ1) is 11.0. The Morgan fingerprint density at radius 2 is 2.31 bits per heavy atom. The van der Waals surface area contributed by atoms with Gasteiger partial charge in [-0.05, 0) is 25.0 Å². The zero-order valence-corrected chi connectivity index (χ0v) is 9.22. The predicted octanol–water partition coefficient (Wildman–Crippen LogP) is 1.57. The van der Waals surface area contributed by atoms with Crippen LogP contribution in [0.5, 0.6) is 0 Å². The second-order valence-corrected chi connectivity index (χ2v) is 3.74. The summed E-state index contributed by atoms with van der Waals surface area (Å²) in [6.45, 7) is 2.07. The molecule has 1 amide bonds. The van der Waals surface area contributed by atoms with Crippen LogP contribution in [-0.4, -0.2) is 30.5 Å². The number of nitrogens with zero attached hydrogens (tertiary/aromatic N) is 1. The van der Waals surface area contributed by atoms with Gasteiger partial charge in [-0.2, -0.15) is 0 Å². The maximum Gasteiger partial charge on any atom is 0.414 e. The Hall–Kier alpha value is -1.55. The van der Waals surface area contributed by atoms with E-state index in [2.05, 4.69) is 0 Å². The number of carbonyl (C=O) groups excluding carboxylic acids is 1. The Labute approximate surface area is 94.4 Å². The highest BCUT2D eigenvalue weighted by atomic mass is 16.6. The SMILES string of the molecule is CCOC(=O)N1c2ccccc2C[C@H]1CO. The summed E-state index contributed by atoms with van der Waals surface area (Å²) in [6, 6.07) is 7.46. The van der Waals surface area contributed by atoms with Crippen LogP contribution in [-0.2, 0) is 11.2 Å². The summed E-state index contributed by atoms with van der Waals surface area (Å²) in [5, 5.41) is 9.28. The zero-order chi connectivity index (χ0) is 11.5. The molecule has 0 bridgehead atoms. The van der Waals surface area contributed by atoms with Crippen LogP contribution in [0.15, 0.2) is 24.3 Å². The van der Waals surface area contributed by atoms with Gasteiger partial charge in [0.1, 0.15) is 0 Å². The molecule has 0 fully saturated rings. The van der Waals surface area contributed by atoms with Crippen molar-refractivity contribution in [1.82, 2.24) is 0 Å². The van der Waals surface area contributed by atoms with Gasteiger partial charge >= 0.3 is 6.09 Å². The molecule has 86 valence electrons. The van der Waals surface area contributed by atoms with E-state index in [9.17, 15) is 9.90 Å². The lowest BCUT2D eigenvalue weighted by molar-refractivity contribution is 0.153. The molecule has 2 rings (SSSR count). The smallest absolute Gasteiger partial charge is 0.414 e. The average Bonchev–Trinajstić information content (AvgIpc) is 2.67. The number of hydrogen-bond acceptors (Lipinski definition) is 3. The molecule has 0 saturated heterocycles. The summed E-state index contributed by atoms with van der Waals surface area (Å²) in [4.78, 5) is 13.3. The van der Waals surface area contributed by atoms with Crippen LogP contribution in [0.4, 0.5) is 10.5 Å². The first-order valence-electron chi connectivity index (χ1n) is 5.42. The van der Waals surface area contributed by atoms with E-state index in [0.29, 0.717) is 13.0 Å². The molecule has 1 aliphatic rings. The van der Waals surface area contributed by atoms with Crippen LogP contribution in [0.3, 0.4) is 0 Å². The number of ether oxygens (including phenoxy) is 1. The Bertz CT molecular complexity index is 392. The van der Waals surface area contributed by atoms with E-state index >= 15 is 0 Å². The Kier molecular flexibility index (Phi) is 3.10. The van der Waals surface area contributed by atoms with Gasteiger partial charge in [0.05, 0.1) is 24.9 Å². The minimum absolute atomic E-state index is 0.0481. The van der Waals surface area contributed by atoms with E-state index in [-0.39, 0.29) is 18.7 Å². The van der Waals surface area contributed by atoms with E-state index < -0.39 is 0 Å². The number of amides is 1. The van der Waals surface area contributed by atoms with Gasteiger partial charge in [0, 0.05) is 0 Å². The normalized spacial score (nSPS) is 18.4. The van der Waals surface area contributed by atoms with Crippen molar-refractivity contribution >= 4 is 11.8 Å². The number of benzene rings is 1. The maximum atomic E-state index is 11.8. The molecular formula is C12H15NO3. The fourth-order valence-electron chi connectivity index (χ4n) is 2.05. The van der Waals surface area contributed by atoms with Gasteiger partial charge in [-0.1, -0.05) is 18.2 Å². The molecule has 0 spiro atoms. The van der Waals surface area contributed by atoms with Crippen molar-refractivity contribution in [1.29, 1.82) is 0 Å². The molecule has 4 nitrogen and oxygen atoms in total. The van der Waals surface area contributed by atoms with E-state index in [1.54, 1.807) is 11.8 Å². The van der Waals surface area contributed by atoms with Crippen molar-refractivity contribution in [2.75, 3.05) is 18.1 Å². The van der Waals surface area contributed by atoms with Crippen molar-refractivity contribution < 1.29 is 14.6 Å². The number of aliphatic hydroxyl groups is 1. The summed E-state index contributed by atoms with van der Waals surface area (Å²) in [5.74, 6) is 0. The summed E-state index contributed by atoms with van der Waals surface area (Å²) in [5.41, 5.74) is 1.93. The van der Waals surface area contributed by atoms with Gasteiger partial charge in [0.25, 0.3) is 0 Å². The third-order valence-electron chi connectivity index (χ3n) is 2.75. The van der Waals surface area contributed by atoms with Crippen molar-refractivity contribution in [3.05, 3.63) is 29.8 Å². The predicted molar refractivity (Wildman–Crippen MR) is 60.5 cm³/mol. The summed E-state index contributed by atoms with van der Waals surface area (Å²) < 4.78 is 4.99. The average molecular weight is 221 g/mol. The van der Waals surface area contributed by atoms with Crippen LogP contribution in [0.25, 0.3) is 0 Å². The van der Waals surface area contributed by atoms with Gasteiger partial charge in [0.15, 0.2) is 0 Å². The molecule has 1 N–H and O–H groups in total. The third-order valence-corrected chi connectivity index (χ3v) is 2.75. The van der Waals surface area contributed by atoms with Crippen LogP contribution in [0, 0.1) is 0 Å². The van der Waals surface area contributed by atoms with Crippen molar-refractivity contribution in [2.24, 2.45) is 0 Å². The molecule has 1 aromatic rings. The highest BCUT2D eigenvalue weighted by molar-refractivity contribution is 5.91. The molecule has 16 heavy (non-hydrogen) atoms. The molecule has 0 radical (unpaired) electrons. The maximum absolute atomic E-state index is 11.8. The van der Waals surface area contributed by atoms with Gasteiger partial charge in [-0.25, -0.2) is 4.79 Å². The van der Waals surface area contributed by atoms with Crippen LogP contribution < -0.4 is 4.90 Å². The molecule has 0 aliphatic carbocycles. The topological polar surface area (TPSA) is 49.8 Å². The quantitative estimate of drug-likeness (QED) is 0.824. The largest absolute Gasteiger partial charge is 0.449 e. The van der Waals surface area contributed by atoms with Gasteiger partial charge in [-0.3, -0.25) is 4.90 Å². The Morgan fingerprint density at radius 1 is 1.56 bits per heavy atom. The van der Waals surface area contributed by atoms with E-state index in [4.69, 9.17) is 4.74 Å². The molecule has 1 heterocycles. The van der Waals surface area contributed by atoms with Crippen molar-refractivity contribution in [3.63, 3.8) is 0 Å². The molecule has 0 unspecified atom stereocenters. The van der Waals surface area contributed by atoms with Crippen LogP contribution in [0.1, 0.15) is 12.5 Å². The van der Waals surface area contributed by atoms with E-state index in [0.717, 1.165) is 11.3 Å². The standard InChI is InChI=1S/C12H15NO3/c1-2-16-12(15)13-10(8-14)7-9-5-3-4-6-11(9)13/h3-6,10,14H,2,7-8H2,1H3/t10-/m0/s1. The van der Waals surface area contributed by atoms with Crippen LogP contribution >= 0.6 is 0 Å². The minimum atomic E-state index is -0.383. The molecule has 4 heteroatoms. The number of fused-ring (bicyclic) bond motifs is 1. The summed E-state index contributed by atoms with van der Waals surface area (Å²) in [6.07, 6.45) is 0.303. The van der Waals surface area contributed by atoms with Crippen molar-refractivity contribution in [3.8, 4) is 0 Å². The minimum Gasteiger partial charge on any atom is -0.449 e. The first-order chi connectivity index (χ1) is 7.77. The molecule has 1 aliphatic heterocycles. The summed E-state index contributed by atoms with van der Waals surface area (Å²) in [7, 11) is 0. The lowest BCUT2D eigenvalue weighted by Gasteiger charge is -2.22. The fourth-order valence-corrected chi connectivity index (χ4v) is 2.05. The zero-order valence-electron chi connectivity index (χ0n) is 9.22. The number of anilines is 1. The van der Waals surface area contributed by atoms with Crippen molar-refractivity contribution in [2.45, 2.75) is 19.4 Å². The lowest BCUT2D eigenvalue weighted by Crippen LogP contribution is -2.40. The highest BCUT2D eigenvalue weighted by Crippen LogP contribution is 2.32. The number of para-hydroxylation sites is 1. The number of carbonyl (C=O) groups is 1. The van der Waals surface area contributed by atoms with Crippen LogP contribution in [0.2, 0.25) is 0 Å². The monoisotopic (exact) mass is 221 g/mol. The number of hydrogen-bond donors (Lipinski definition) is 1. The fraction of sp³-hybridized carbons (Fsp3) is 0.417. The summed E-state index contributed by atoms with van der Waals surface area (Å²) >= 11 is 0. The van der Waals surface area contributed by atoms with Gasteiger partial charge < -0.3 is 9.84 Å². The third kappa shape index (κ3) is 1.76. The molecular weight excluding hydrogens is 206 g/mol. The second kappa shape index (κ2) is 4.53. The first-order valence-corrected chi connectivity index (χ1v) is 5.42. The highest BCUT2D eigenvalue weighted by Gasteiger charge is 2.33. The van der Waals surface area contributed by atoms with E-state index in [1.165, 1.54) is 0 Å². The Morgan fingerprint density at radius 3 is 3.00 bits per heavy atom. The van der Waals surface area contributed by atoms with E-state index in [1.807, 2.05) is 24.3 Å². The second-order valence-electron chi connectivity index (χ2n) is 3.74. The van der Waals surface area contributed by atoms with Gasteiger partial charge in [0.2, 0.25) is 0 Å². The van der Waals surface area contributed by atoms with Gasteiger partial charge in [-0.15, -0.1) is 0 Å². The molecule has 1 aromatic carbocycles. The molecule has 0 aromatic heterocycles. The molecule has 1 atom stereocenters. The number of rotatable bonds is 2. The Balaban J connectivity index is 2.30. The molecule has 0 saturated carbocycles.